The highest BCUT2D eigenvalue weighted by molar-refractivity contribution is 7.90. The lowest BCUT2D eigenvalue weighted by Gasteiger charge is -2.45. The van der Waals surface area contributed by atoms with E-state index in [9.17, 15) is 13.5 Å². The maximum atomic E-state index is 14.5. The van der Waals surface area contributed by atoms with Crippen molar-refractivity contribution in [1.82, 2.24) is 3.97 Å². The molecule has 6 aromatic rings. The number of aryl methyl sites for hydroxylation is 1. The lowest BCUT2D eigenvalue weighted by atomic mass is 9.91. The number of aliphatic hydroxyl groups is 1. The fourth-order valence-corrected chi connectivity index (χ4v) is 8.38. The molecule has 5 aromatic carbocycles. The molecule has 262 valence electrons. The molecule has 0 spiro atoms. The minimum Gasteiger partial charge on any atom is -0.387 e. The molecule has 51 heavy (non-hydrogen) atoms. The van der Waals surface area contributed by atoms with Crippen molar-refractivity contribution in [2.75, 3.05) is 6.61 Å². The molecular formula is C42H41NO7S. The standard InChI is InChI=1S/C42H41NO7S/c1-30-35-24-14-15-25-36(35)43(51(45,46)34-22-12-5-13-23-34)38(30)41-39(44)42(49-28-33-20-10-4-11-21-33)40(48-27-32-18-8-3-9-19-32)37(50-41)29-47-26-31-16-6-2-7-17-31/h2-25,37,39-42,44H,26-29H2,1H3/t37-,39-,40-,41-,42-/m1/s1. The summed E-state index contributed by atoms with van der Waals surface area (Å²) in [5.41, 5.74) is 4.37. The summed E-state index contributed by atoms with van der Waals surface area (Å²) in [4.78, 5) is 0.126. The zero-order valence-corrected chi connectivity index (χ0v) is 29.1. The second kappa shape index (κ2) is 15.7. The quantitative estimate of drug-likeness (QED) is 0.134. The van der Waals surface area contributed by atoms with Crippen LogP contribution >= 0.6 is 0 Å². The van der Waals surface area contributed by atoms with Gasteiger partial charge in [0.05, 0.1) is 42.5 Å². The summed E-state index contributed by atoms with van der Waals surface area (Å²) in [6.07, 6.45) is -4.84. The van der Waals surface area contributed by atoms with Crippen molar-refractivity contribution in [3.8, 4) is 0 Å². The van der Waals surface area contributed by atoms with Gasteiger partial charge in [0.25, 0.3) is 10.0 Å². The number of ether oxygens (including phenoxy) is 4. The van der Waals surface area contributed by atoms with Gasteiger partial charge in [-0.05, 0) is 47.4 Å². The van der Waals surface area contributed by atoms with Crippen LogP contribution in [0.25, 0.3) is 10.9 Å². The number of fused-ring (bicyclic) bond motifs is 1. The average Bonchev–Trinajstić information content (AvgIpc) is 3.48. The Morgan fingerprint density at radius 1 is 0.647 bits per heavy atom. The molecule has 1 aliphatic rings. The fourth-order valence-electron chi connectivity index (χ4n) is 6.75. The number of benzene rings is 5. The van der Waals surface area contributed by atoms with Gasteiger partial charge < -0.3 is 24.1 Å². The minimum atomic E-state index is -4.13. The summed E-state index contributed by atoms with van der Waals surface area (Å²) in [6, 6.07) is 45.0. The van der Waals surface area contributed by atoms with Gasteiger partial charge in [0, 0.05) is 5.39 Å². The molecule has 1 aliphatic heterocycles. The first kappa shape index (κ1) is 34.8. The first-order valence-electron chi connectivity index (χ1n) is 17.1. The Labute approximate surface area is 298 Å². The smallest absolute Gasteiger partial charge is 0.268 e. The van der Waals surface area contributed by atoms with E-state index in [4.69, 9.17) is 18.9 Å². The summed E-state index contributed by atoms with van der Waals surface area (Å²) >= 11 is 0. The third-order valence-corrected chi connectivity index (χ3v) is 11.0. The number of aromatic nitrogens is 1. The van der Waals surface area contributed by atoms with E-state index < -0.39 is 40.5 Å². The van der Waals surface area contributed by atoms with Crippen molar-refractivity contribution in [1.29, 1.82) is 0 Å². The van der Waals surface area contributed by atoms with Gasteiger partial charge in [-0.1, -0.05) is 127 Å². The van der Waals surface area contributed by atoms with Gasteiger partial charge >= 0.3 is 0 Å². The molecule has 1 aromatic heterocycles. The van der Waals surface area contributed by atoms with Crippen molar-refractivity contribution in [2.24, 2.45) is 0 Å². The largest absolute Gasteiger partial charge is 0.387 e. The molecule has 0 bridgehead atoms. The highest BCUT2D eigenvalue weighted by Gasteiger charge is 2.49. The Bertz CT molecular complexity index is 2120. The van der Waals surface area contributed by atoms with E-state index in [0.29, 0.717) is 23.4 Å². The number of hydrogen-bond acceptors (Lipinski definition) is 7. The second-order valence-corrected chi connectivity index (χ2v) is 14.5. The van der Waals surface area contributed by atoms with Crippen LogP contribution in [0, 0.1) is 6.92 Å². The van der Waals surface area contributed by atoms with Crippen LogP contribution < -0.4 is 0 Å². The second-order valence-electron chi connectivity index (χ2n) is 12.7. The van der Waals surface area contributed by atoms with Gasteiger partial charge in [0.2, 0.25) is 0 Å². The Balaban J connectivity index is 1.31. The van der Waals surface area contributed by atoms with Crippen LogP contribution in [-0.4, -0.2) is 48.5 Å². The van der Waals surface area contributed by atoms with Crippen LogP contribution in [0.2, 0.25) is 0 Å². The topological polar surface area (TPSA) is 96.2 Å². The maximum absolute atomic E-state index is 14.5. The zero-order chi connectivity index (χ0) is 35.2. The van der Waals surface area contributed by atoms with E-state index in [1.54, 1.807) is 42.5 Å². The minimum absolute atomic E-state index is 0.105. The lowest BCUT2D eigenvalue weighted by molar-refractivity contribution is -0.264. The van der Waals surface area contributed by atoms with Crippen LogP contribution in [0.1, 0.15) is 34.1 Å². The van der Waals surface area contributed by atoms with Crippen molar-refractivity contribution in [2.45, 2.75) is 62.2 Å². The van der Waals surface area contributed by atoms with E-state index in [-0.39, 0.29) is 24.7 Å². The first-order valence-corrected chi connectivity index (χ1v) is 18.5. The maximum Gasteiger partial charge on any atom is 0.268 e. The van der Waals surface area contributed by atoms with Gasteiger partial charge in [0.1, 0.15) is 30.5 Å². The van der Waals surface area contributed by atoms with Crippen molar-refractivity contribution < 1.29 is 32.5 Å². The molecule has 0 aliphatic carbocycles. The van der Waals surface area contributed by atoms with Gasteiger partial charge in [-0.15, -0.1) is 0 Å². The summed E-state index contributed by atoms with van der Waals surface area (Å²) < 4.78 is 56.6. The number of rotatable bonds is 13. The zero-order valence-electron chi connectivity index (χ0n) is 28.3. The lowest BCUT2D eigenvalue weighted by Crippen LogP contribution is -2.58. The molecule has 0 unspecified atom stereocenters. The Morgan fingerprint density at radius 2 is 1.14 bits per heavy atom. The fraction of sp³-hybridized carbons (Fsp3) is 0.238. The molecule has 1 fully saturated rings. The average molecular weight is 704 g/mol. The molecule has 0 saturated carbocycles. The third-order valence-electron chi connectivity index (χ3n) is 9.30. The molecular weight excluding hydrogens is 663 g/mol. The molecule has 1 N–H and O–H groups in total. The molecule has 0 amide bonds. The van der Waals surface area contributed by atoms with Crippen molar-refractivity contribution in [3.63, 3.8) is 0 Å². The number of aliphatic hydroxyl groups excluding tert-OH is 1. The number of hydrogen-bond donors (Lipinski definition) is 1. The SMILES string of the molecule is Cc1c([C@H]2O[C@H](COCc3ccccc3)[C@@H](OCc3ccccc3)[C@H](OCc3ccccc3)[C@@H]2O)n(S(=O)(=O)c2ccccc2)c2ccccc12. The van der Waals surface area contributed by atoms with Gasteiger partial charge in [-0.2, -0.15) is 0 Å². The van der Waals surface area contributed by atoms with E-state index in [0.717, 1.165) is 22.1 Å². The molecule has 2 heterocycles. The van der Waals surface area contributed by atoms with E-state index in [1.807, 2.05) is 110 Å². The first-order chi connectivity index (χ1) is 24.9. The molecule has 9 heteroatoms. The van der Waals surface area contributed by atoms with E-state index in [1.165, 1.54) is 3.97 Å². The summed E-state index contributed by atoms with van der Waals surface area (Å²) in [7, 11) is -4.13. The summed E-state index contributed by atoms with van der Waals surface area (Å²) in [5.74, 6) is 0. The van der Waals surface area contributed by atoms with Crippen LogP contribution in [0.4, 0.5) is 0 Å². The number of nitrogens with zero attached hydrogens (tertiary/aromatic N) is 1. The Hall–Kier alpha value is -4.61. The van der Waals surface area contributed by atoms with Crippen LogP contribution in [-0.2, 0) is 48.8 Å². The third kappa shape index (κ3) is 7.55. The van der Waals surface area contributed by atoms with Gasteiger partial charge in [0.15, 0.2) is 0 Å². The van der Waals surface area contributed by atoms with Crippen LogP contribution in [0.15, 0.2) is 150 Å². The molecule has 0 radical (unpaired) electrons. The van der Waals surface area contributed by atoms with Gasteiger partial charge in [-0.3, -0.25) is 0 Å². The normalized spacial score (nSPS) is 20.8. The van der Waals surface area contributed by atoms with Crippen molar-refractivity contribution in [3.05, 3.63) is 174 Å². The Kier molecular flexibility index (Phi) is 10.7. The van der Waals surface area contributed by atoms with E-state index in [2.05, 4.69) is 0 Å². The van der Waals surface area contributed by atoms with Crippen LogP contribution in [0.3, 0.4) is 0 Å². The summed E-state index contributed by atoms with van der Waals surface area (Å²) in [6.45, 7) is 2.74. The molecule has 8 nitrogen and oxygen atoms in total. The van der Waals surface area contributed by atoms with Crippen LogP contribution in [0.5, 0.6) is 0 Å². The van der Waals surface area contributed by atoms with Crippen molar-refractivity contribution >= 4 is 20.9 Å². The molecule has 7 rings (SSSR count). The molecule has 5 atom stereocenters. The highest BCUT2D eigenvalue weighted by atomic mass is 32.2. The Morgan fingerprint density at radius 3 is 1.73 bits per heavy atom. The highest BCUT2D eigenvalue weighted by Crippen LogP contribution is 2.42. The van der Waals surface area contributed by atoms with Gasteiger partial charge in [-0.25, -0.2) is 12.4 Å². The summed E-state index contributed by atoms with van der Waals surface area (Å²) in [5, 5.41) is 13.1. The molecule has 1 saturated heterocycles. The predicted octanol–water partition coefficient (Wildman–Crippen LogP) is 7.38. The van der Waals surface area contributed by atoms with E-state index >= 15 is 0 Å². The predicted molar refractivity (Wildman–Crippen MR) is 195 cm³/mol. The number of para-hydroxylation sites is 1. The monoisotopic (exact) mass is 703 g/mol.